The van der Waals surface area contributed by atoms with Gasteiger partial charge in [0.25, 0.3) is 0 Å². The summed E-state index contributed by atoms with van der Waals surface area (Å²) in [5.74, 6) is 1.54. The van der Waals surface area contributed by atoms with Gasteiger partial charge in [0.2, 0.25) is 11.9 Å². The predicted octanol–water partition coefficient (Wildman–Crippen LogP) is 1.09. The van der Waals surface area contributed by atoms with Crippen LogP contribution in [0, 0.1) is 5.92 Å². The number of hydrogen-bond donors (Lipinski definition) is 1. The van der Waals surface area contributed by atoms with E-state index in [-0.39, 0.29) is 5.95 Å². The molecule has 1 saturated carbocycles. The molecule has 1 fully saturated rings. The highest BCUT2D eigenvalue weighted by atomic mass is 16.5. The van der Waals surface area contributed by atoms with Crippen molar-refractivity contribution in [2.75, 3.05) is 31.3 Å². The first-order valence-electron chi connectivity index (χ1n) is 5.97. The van der Waals surface area contributed by atoms with E-state index in [1.807, 2.05) is 14.1 Å². The van der Waals surface area contributed by atoms with Crippen LogP contribution in [0.5, 0.6) is 6.01 Å². The first kappa shape index (κ1) is 11.9. The Bertz CT molecular complexity index is 378. The molecule has 1 aromatic heterocycles. The fourth-order valence-corrected chi connectivity index (χ4v) is 1.72. The van der Waals surface area contributed by atoms with Crippen molar-refractivity contribution in [1.29, 1.82) is 0 Å². The summed E-state index contributed by atoms with van der Waals surface area (Å²) in [6, 6.07) is 0.320. The minimum absolute atomic E-state index is 0.197. The van der Waals surface area contributed by atoms with Gasteiger partial charge in [0.15, 0.2) is 0 Å². The van der Waals surface area contributed by atoms with Gasteiger partial charge in [-0.15, -0.1) is 0 Å². The van der Waals surface area contributed by atoms with Gasteiger partial charge < -0.3 is 15.4 Å². The lowest BCUT2D eigenvalue weighted by molar-refractivity contribution is 0.212. The standard InChI is InChI=1S/C11H19N5O/c1-16(2)10-13-9(12)14-11(15-10)17-7-6-8-4-3-5-8/h8H,3-7H2,1-2H3,(H2,12,13,14,15). The molecule has 0 aliphatic heterocycles. The maximum atomic E-state index is 5.60. The van der Waals surface area contributed by atoms with Gasteiger partial charge in [0, 0.05) is 14.1 Å². The van der Waals surface area contributed by atoms with E-state index < -0.39 is 0 Å². The quantitative estimate of drug-likeness (QED) is 0.826. The number of aromatic nitrogens is 3. The van der Waals surface area contributed by atoms with Crippen molar-refractivity contribution in [2.24, 2.45) is 5.92 Å². The van der Waals surface area contributed by atoms with E-state index in [0.29, 0.717) is 18.6 Å². The van der Waals surface area contributed by atoms with Crippen LogP contribution < -0.4 is 15.4 Å². The Balaban J connectivity index is 1.90. The van der Waals surface area contributed by atoms with Crippen LogP contribution >= 0.6 is 0 Å². The molecule has 0 saturated heterocycles. The summed E-state index contributed by atoms with van der Waals surface area (Å²) in [5, 5.41) is 0. The number of hydrogen-bond acceptors (Lipinski definition) is 6. The molecule has 2 N–H and O–H groups in total. The van der Waals surface area contributed by atoms with Gasteiger partial charge in [-0.2, -0.15) is 15.0 Å². The molecule has 1 heterocycles. The molecule has 0 aromatic carbocycles. The zero-order valence-electron chi connectivity index (χ0n) is 10.4. The van der Waals surface area contributed by atoms with E-state index in [9.17, 15) is 0 Å². The Hall–Kier alpha value is -1.59. The monoisotopic (exact) mass is 237 g/mol. The molecule has 0 atom stereocenters. The molecule has 1 aliphatic rings. The summed E-state index contributed by atoms with van der Waals surface area (Å²) >= 11 is 0. The van der Waals surface area contributed by atoms with E-state index in [4.69, 9.17) is 10.5 Å². The van der Waals surface area contributed by atoms with Gasteiger partial charge >= 0.3 is 6.01 Å². The van der Waals surface area contributed by atoms with Crippen molar-refractivity contribution in [3.63, 3.8) is 0 Å². The fourth-order valence-electron chi connectivity index (χ4n) is 1.72. The van der Waals surface area contributed by atoms with Crippen LogP contribution in [0.1, 0.15) is 25.7 Å². The molecule has 17 heavy (non-hydrogen) atoms. The number of ether oxygens (including phenoxy) is 1. The summed E-state index contributed by atoms with van der Waals surface area (Å²) in [6.07, 6.45) is 5.08. The highest BCUT2D eigenvalue weighted by molar-refractivity contribution is 5.33. The van der Waals surface area contributed by atoms with Crippen LogP contribution in [0.2, 0.25) is 0 Å². The van der Waals surface area contributed by atoms with Gasteiger partial charge in [-0.3, -0.25) is 0 Å². The lowest BCUT2D eigenvalue weighted by Crippen LogP contribution is -2.17. The van der Waals surface area contributed by atoms with E-state index in [1.54, 1.807) is 4.90 Å². The van der Waals surface area contributed by atoms with E-state index in [1.165, 1.54) is 19.3 Å². The molecule has 0 bridgehead atoms. The summed E-state index contributed by atoms with van der Waals surface area (Å²) in [5.41, 5.74) is 5.60. The van der Waals surface area contributed by atoms with Crippen LogP contribution in [-0.2, 0) is 0 Å². The van der Waals surface area contributed by atoms with Crippen LogP contribution in [0.4, 0.5) is 11.9 Å². The predicted molar refractivity (Wildman–Crippen MR) is 66.0 cm³/mol. The molecule has 0 spiro atoms. The van der Waals surface area contributed by atoms with Crippen molar-refractivity contribution in [3.05, 3.63) is 0 Å². The lowest BCUT2D eigenvalue weighted by Gasteiger charge is -2.24. The van der Waals surface area contributed by atoms with Crippen molar-refractivity contribution in [3.8, 4) is 6.01 Å². The molecule has 2 rings (SSSR count). The Morgan fingerprint density at radius 3 is 2.65 bits per heavy atom. The molecule has 6 heteroatoms. The lowest BCUT2D eigenvalue weighted by atomic mass is 9.83. The second kappa shape index (κ2) is 5.16. The summed E-state index contributed by atoms with van der Waals surface area (Å²) < 4.78 is 5.52. The average Bonchev–Trinajstić information content (AvgIpc) is 2.21. The van der Waals surface area contributed by atoms with Crippen LogP contribution in [-0.4, -0.2) is 35.7 Å². The highest BCUT2D eigenvalue weighted by Gasteiger charge is 2.17. The van der Waals surface area contributed by atoms with Gasteiger partial charge in [-0.25, -0.2) is 0 Å². The van der Waals surface area contributed by atoms with E-state index in [2.05, 4.69) is 15.0 Å². The zero-order valence-corrected chi connectivity index (χ0v) is 10.4. The Morgan fingerprint density at radius 1 is 1.29 bits per heavy atom. The molecular weight excluding hydrogens is 218 g/mol. The SMILES string of the molecule is CN(C)c1nc(N)nc(OCCC2CCC2)n1. The van der Waals surface area contributed by atoms with Crippen LogP contribution in [0.15, 0.2) is 0 Å². The van der Waals surface area contributed by atoms with Crippen molar-refractivity contribution in [2.45, 2.75) is 25.7 Å². The second-order valence-electron chi connectivity index (χ2n) is 4.60. The Kier molecular flexibility index (Phi) is 3.61. The first-order valence-corrected chi connectivity index (χ1v) is 5.97. The topological polar surface area (TPSA) is 77.2 Å². The number of anilines is 2. The van der Waals surface area contributed by atoms with Gasteiger partial charge in [-0.05, 0) is 12.3 Å². The number of nitrogens with two attached hydrogens (primary N) is 1. The Labute approximate surface area is 101 Å². The third-order valence-electron chi connectivity index (χ3n) is 3.00. The number of nitrogens with zero attached hydrogens (tertiary/aromatic N) is 4. The average molecular weight is 237 g/mol. The maximum absolute atomic E-state index is 5.60. The smallest absolute Gasteiger partial charge is 0.323 e. The normalized spacial score (nSPS) is 15.4. The van der Waals surface area contributed by atoms with E-state index in [0.717, 1.165) is 12.3 Å². The zero-order chi connectivity index (χ0) is 12.3. The van der Waals surface area contributed by atoms with E-state index >= 15 is 0 Å². The molecule has 0 amide bonds. The molecule has 94 valence electrons. The first-order chi connectivity index (χ1) is 8.15. The second-order valence-corrected chi connectivity index (χ2v) is 4.60. The molecule has 1 aliphatic carbocycles. The third-order valence-corrected chi connectivity index (χ3v) is 3.00. The summed E-state index contributed by atoms with van der Waals surface area (Å²) in [6.45, 7) is 0.654. The number of nitrogen functional groups attached to an aromatic ring is 1. The minimum atomic E-state index is 0.197. The Morgan fingerprint density at radius 2 is 2.06 bits per heavy atom. The van der Waals surface area contributed by atoms with Gasteiger partial charge in [-0.1, -0.05) is 19.3 Å². The van der Waals surface area contributed by atoms with Gasteiger partial charge in [0.1, 0.15) is 0 Å². The summed E-state index contributed by atoms with van der Waals surface area (Å²) in [4.78, 5) is 13.9. The largest absolute Gasteiger partial charge is 0.463 e. The molecule has 0 unspecified atom stereocenters. The van der Waals surface area contributed by atoms with Crippen molar-refractivity contribution in [1.82, 2.24) is 15.0 Å². The maximum Gasteiger partial charge on any atom is 0.323 e. The van der Waals surface area contributed by atoms with Crippen molar-refractivity contribution >= 4 is 11.9 Å². The fraction of sp³-hybridized carbons (Fsp3) is 0.727. The molecule has 6 nitrogen and oxygen atoms in total. The number of rotatable bonds is 5. The highest BCUT2D eigenvalue weighted by Crippen LogP contribution is 2.29. The summed E-state index contributed by atoms with van der Waals surface area (Å²) in [7, 11) is 3.71. The molecule has 1 aromatic rings. The van der Waals surface area contributed by atoms with Crippen LogP contribution in [0.3, 0.4) is 0 Å². The minimum Gasteiger partial charge on any atom is -0.463 e. The molecule has 0 radical (unpaired) electrons. The third kappa shape index (κ3) is 3.18. The molecular formula is C11H19N5O. The van der Waals surface area contributed by atoms with Crippen LogP contribution in [0.25, 0.3) is 0 Å². The van der Waals surface area contributed by atoms with Gasteiger partial charge in [0.05, 0.1) is 6.61 Å². The van der Waals surface area contributed by atoms with Crippen molar-refractivity contribution < 1.29 is 4.74 Å².